The molecule has 98 valence electrons. The quantitative estimate of drug-likeness (QED) is 0.684. The molecule has 1 heterocycles. The molecule has 17 heavy (non-hydrogen) atoms. The van der Waals surface area contributed by atoms with E-state index in [9.17, 15) is 9.90 Å². The van der Waals surface area contributed by atoms with Crippen molar-refractivity contribution in [1.29, 1.82) is 0 Å². The van der Waals surface area contributed by atoms with Gasteiger partial charge in [-0.2, -0.15) is 0 Å². The fourth-order valence-electron chi connectivity index (χ4n) is 2.60. The molecule has 1 aliphatic carbocycles. The second-order valence-corrected chi connectivity index (χ2v) is 5.23. The van der Waals surface area contributed by atoms with E-state index in [-0.39, 0.29) is 18.2 Å². The van der Waals surface area contributed by atoms with E-state index in [0.29, 0.717) is 13.2 Å². The first kappa shape index (κ1) is 12.6. The first-order valence-corrected chi connectivity index (χ1v) is 6.47. The molecule has 0 bridgehead atoms. The van der Waals surface area contributed by atoms with Gasteiger partial charge in [0.05, 0.1) is 17.7 Å². The molecule has 2 atom stereocenters. The van der Waals surface area contributed by atoms with E-state index in [1.165, 1.54) is 0 Å². The van der Waals surface area contributed by atoms with Crippen LogP contribution in [0.25, 0.3) is 0 Å². The highest BCUT2D eigenvalue weighted by Crippen LogP contribution is 2.28. The molecule has 1 saturated heterocycles. The Morgan fingerprint density at radius 1 is 1.47 bits per heavy atom. The Morgan fingerprint density at radius 2 is 2.18 bits per heavy atom. The number of nitrogens with one attached hydrogen (secondary N) is 2. The molecule has 2 rings (SSSR count). The molecule has 0 radical (unpaired) electrons. The van der Waals surface area contributed by atoms with Crippen molar-refractivity contribution in [3.05, 3.63) is 0 Å². The largest absolute Gasteiger partial charge is 0.388 e. The molecular formula is C12H22N2O3. The number of ether oxygens (including phenoxy) is 1. The van der Waals surface area contributed by atoms with E-state index >= 15 is 0 Å². The maximum Gasteiger partial charge on any atom is 0.315 e. The SMILES string of the molecule is CC1OCCC1NC(=O)NCC1(O)CCCC1. The van der Waals surface area contributed by atoms with Gasteiger partial charge in [0.2, 0.25) is 0 Å². The van der Waals surface area contributed by atoms with Gasteiger partial charge >= 0.3 is 6.03 Å². The van der Waals surface area contributed by atoms with Crippen LogP contribution in [0, 0.1) is 0 Å². The van der Waals surface area contributed by atoms with Crippen molar-refractivity contribution in [2.45, 2.75) is 56.8 Å². The number of hydrogen-bond acceptors (Lipinski definition) is 3. The summed E-state index contributed by atoms with van der Waals surface area (Å²) in [5.74, 6) is 0. The smallest absolute Gasteiger partial charge is 0.315 e. The summed E-state index contributed by atoms with van der Waals surface area (Å²) in [5.41, 5.74) is -0.685. The molecule has 1 aliphatic heterocycles. The molecule has 0 aromatic rings. The molecule has 0 aromatic heterocycles. The van der Waals surface area contributed by atoms with E-state index in [0.717, 1.165) is 32.1 Å². The third-order valence-corrected chi connectivity index (χ3v) is 3.80. The maximum atomic E-state index is 11.7. The second-order valence-electron chi connectivity index (χ2n) is 5.23. The zero-order valence-electron chi connectivity index (χ0n) is 10.4. The highest BCUT2D eigenvalue weighted by molar-refractivity contribution is 5.74. The zero-order valence-corrected chi connectivity index (χ0v) is 10.4. The number of carbonyl (C=O) groups is 1. The molecule has 2 amide bonds. The predicted molar refractivity (Wildman–Crippen MR) is 63.8 cm³/mol. The Balaban J connectivity index is 1.70. The Labute approximate surface area is 102 Å². The van der Waals surface area contributed by atoms with Crippen LogP contribution in [-0.4, -0.2) is 42.0 Å². The van der Waals surface area contributed by atoms with Crippen LogP contribution in [0.15, 0.2) is 0 Å². The minimum absolute atomic E-state index is 0.0790. The Kier molecular flexibility index (Phi) is 3.89. The highest BCUT2D eigenvalue weighted by Gasteiger charge is 2.32. The van der Waals surface area contributed by atoms with Gasteiger partial charge in [0.1, 0.15) is 0 Å². The first-order valence-electron chi connectivity index (χ1n) is 6.47. The van der Waals surface area contributed by atoms with Crippen LogP contribution in [-0.2, 0) is 4.74 Å². The lowest BCUT2D eigenvalue weighted by Gasteiger charge is -2.23. The number of carbonyl (C=O) groups excluding carboxylic acids is 1. The molecule has 3 N–H and O–H groups in total. The van der Waals surface area contributed by atoms with Gasteiger partial charge in [-0.25, -0.2) is 4.79 Å². The molecule has 0 spiro atoms. The average molecular weight is 242 g/mol. The number of amides is 2. The third kappa shape index (κ3) is 3.33. The average Bonchev–Trinajstić information content (AvgIpc) is 2.87. The fraction of sp³-hybridized carbons (Fsp3) is 0.917. The number of hydrogen-bond donors (Lipinski definition) is 3. The summed E-state index contributed by atoms with van der Waals surface area (Å²) in [5, 5.41) is 15.7. The lowest BCUT2D eigenvalue weighted by molar-refractivity contribution is 0.0498. The van der Waals surface area contributed by atoms with Crippen LogP contribution in [0.4, 0.5) is 4.79 Å². The molecule has 5 heteroatoms. The van der Waals surface area contributed by atoms with Crippen molar-refractivity contribution < 1.29 is 14.6 Å². The third-order valence-electron chi connectivity index (χ3n) is 3.80. The van der Waals surface area contributed by atoms with E-state index in [4.69, 9.17) is 4.74 Å². The summed E-state index contributed by atoms with van der Waals surface area (Å²) >= 11 is 0. The number of rotatable bonds is 3. The molecule has 2 fully saturated rings. The predicted octanol–water partition coefficient (Wildman–Crippen LogP) is 0.768. The van der Waals surface area contributed by atoms with E-state index in [2.05, 4.69) is 10.6 Å². The number of aliphatic hydroxyl groups is 1. The molecule has 5 nitrogen and oxygen atoms in total. The molecule has 2 unspecified atom stereocenters. The van der Waals surface area contributed by atoms with Crippen molar-refractivity contribution in [1.82, 2.24) is 10.6 Å². The van der Waals surface area contributed by atoms with Crippen LogP contribution in [0.2, 0.25) is 0 Å². The van der Waals surface area contributed by atoms with Crippen LogP contribution in [0.5, 0.6) is 0 Å². The van der Waals surface area contributed by atoms with Crippen molar-refractivity contribution in [2.24, 2.45) is 0 Å². The number of urea groups is 1. The summed E-state index contributed by atoms with van der Waals surface area (Å²) in [4.78, 5) is 11.7. The van der Waals surface area contributed by atoms with Gasteiger partial charge in [0.25, 0.3) is 0 Å². The van der Waals surface area contributed by atoms with E-state index in [1.54, 1.807) is 0 Å². The van der Waals surface area contributed by atoms with E-state index in [1.807, 2.05) is 6.92 Å². The van der Waals surface area contributed by atoms with E-state index < -0.39 is 5.60 Å². The standard InChI is InChI=1S/C12H22N2O3/c1-9-10(4-7-17-9)14-11(15)13-8-12(16)5-2-3-6-12/h9-10,16H,2-8H2,1H3,(H2,13,14,15). The summed E-state index contributed by atoms with van der Waals surface area (Å²) in [6.07, 6.45) is 4.61. The van der Waals surface area contributed by atoms with Crippen molar-refractivity contribution in [2.75, 3.05) is 13.2 Å². The van der Waals surface area contributed by atoms with Crippen LogP contribution in [0.3, 0.4) is 0 Å². The molecule has 2 aliphatic rings. The van der Waals surface area contributed by atoms with Gasteiger partial charge in [-0.3, -0.25) is 0 Å². The van der Waals surface area contributed by atoms with Crippen LogP contribution < -0.4 is 10.6 Å². The Bertz CT molecular complexity index is 277. The summed E-state index contributed by atoms with van der Waals surface area (Å²) in [7, 11) is 0. The summed E-state index contributed by atoms with van der Waals surface area (Å²) in [6.45, 7) is 3.01. The second kappa shape index (κ2) is 5.23. The Morgan fingerprint density at radius 3 is 2.76 bits per heavy atom. The lowest BCUT2D eigenvalue weighted by Crippen LogP contribution is -2.49. The monoisotopic (exact) mass is 242 g/mol. The fourth-order valence-corrected chi connectivity index (χ4v) is 2.60. The van der Waals surface area contributed by atoms with Crippen LogP contribution >= 0.6 is 0 Å². The zero-order chi connectivity index (χ0) is 12.3. The lowest BCUT2D eigenvalue weighted by atomic mass is 10.0. The van der Waals surface area contributed by atoms with Crippen molar-refractivity contribution in [3.63, 3.8) is 0 Å². The van der Waals surface area contributed by atoms with Crippen molar-refractivity contribution >= 4 is 6.03 Å². The molecular weight excluding hydrogens is 220 g/mol. The minimum atomic E-state index is -0.685. The first-order chi connectivity index (χ1) is 8.09. The van der Waals surface area contributed by atoms with Gasteiger partial charge < -0.3 is 20.5 Å². The van der Waals surface area contributed by atoms with Gasteiger partial charge in [0, 0.05) is 13.2 Å². The Hall–Kier alpha value is -0.810. The maximum absolute atomic E-state index is 11.7. The molecule has 1 saturated carbocycles. The summed E-state index contributed by atoms with van der Waals surface area (Å²) < 4.78 is 5.37. The minimum Gasteiger partial charge on any atom is -0.388 e. The topological polar surface area (TPSA) is 70.6 Å². The van der Waals surface area contributed by atoms with Crippen LogP contribution in [0.1, 0.15) is 39.0 Å². The highest BCUT2D eigenvalue weighted by atomic mass is 16.5. The van der Waals surface area contributed by atoms with Gasteiger partial charge in [-0.05, 0) is 26.2 Å². The normalized spacial score (nSPS) is 31.4. The summed E-state index contributed by atoms with van der Waals surface area (Å²) in [6, 6.07) is -0.110. The molecule has 0 aromatic carbocycles. The van der Waals surface area contributed by atoms with Gasteiger partial charge in [-0.1, -0.05) is 12.8 Å². The van der Waals surface area contributed by atoms with Gasteiger partial charge in [0.15, 0.2) is 0 Å². The van der Waals surface area contributed by atoms with Crippen molar-refractivity contribution in [3.8, 4) is 0 Å². The van der Waals surface area contributed by atoms with Gasteiger partial charge in [-0.15, -0.1) is 0 Å².